The number of nitrogens with one attached hydrogen (secondary N) is 1. The summed E-state index contributed by atoms with van der Waals surface area (Å²) in [6, 6.07) is 18.9. The fraction of sp³-hybridized carbons (Fsp3) is 0.211. The third-order valence-electron chi connectivity index (χ3n) is 3.73. The Balaban J connectivity index is 2.13. The number of hydrogen-bond acceptors (Lipinski definition) is 3. The van der Waals surface area contributed by atoms with Crippen molar-refractivity contribution in [2.75, 3.05) is 0 Å². The van der Waals surface area contributed by atoms with Crippen LogP contribution in [0.2, 0.25) is 0 Å². The molecule has 0 aromatic heterocycles. The van der Waals surface area contributed by atoms with Crippen molar-refractivity contribution in [3.8, 4) is 0 Å². The molecule has 1 atom stereocenters. The van der Waals surface area contributed by atoms with Crippen molar-refractivity contribution in [3.05, 3.63) is 77.9 Å². The Morgan fingerprint density at radius 3 is 2.24 bits per heavy atom. The maximum absolute atomic E-state index is 12.2. The highest BCUT2D eigenvalue weighted by molar-refractivity contribution is 7.88. The third kappa shape index (κ3) is 3.81. The number of nitrogens with zero attached hydrogens (tertiary/aromatic N) is 1. The molecule has 2 aromatic rings. The van der Waals surface area contributed by atoms with Crippen molar-refractivity contribution >= 4 is 22.2 Å². The maximum Gasteiger partial charge on any atom is 0.324 e. The summed E-state index contributed by atoms with van der Waals surface area (Å²) in [5.41, 5.74) is 0.524. The summed E-state index contributed by atoms with van der Waals surface area (Å²) in [6.07, 6.45) is 3.44. The van der Waals surface area contributed by atoms with Gasteiger partial charge in [-0.05, 0) is 31.1 Å². The highest BCUT2D eigenvalue weighted by Gasteiger charge is 2.47. The zero-order valence-electron chi connectivity index (χ0n) is 14.1. The van der Waals surface area contributed by atoms with Crippen LogP contribution in [0.25, 0.3) is 6.08 Å². The number of ether oxygens (including phenoxy) is 1. The first-order valence-electron chi connectivity index (χ1n) is 8.02. The second-order valence-corrected chi connectivity index (χ2v) is 7.40. The van der Waals surface area contributed by atoms with Gasteiger partial charge in [-0.15, -0.1) is 4.40 Å². The van der Waals surface area contributed by atoms with Crippen molar-refractivity contribution in [2.24, 2.45) is 4.40 Å². The molecule has 0 aliphatic carbocycles. The highest BCUT2D eigenvalue weighted by Crippen LogP contribution is 2.33. The second kappa shape index (κ2) is 6.82. The predicted molar refractivity (Wildman–Crippen MR) is 99.3 cm³/mol. The van der Waals surface area contributed by atoms with Crippen LogP contribution in [0.3, 0.4) is 0 Å². The van der Waals surface area contributed by atoms with Crippen molar-refractivity contribution in [1.82, 2.24) is 4.72 Å². The standard InChI is InChI=1S/C19H20N2O3S/c1-15(2)24-18-19(21-25(22,23)20-18,17-11-7-4-8-12-17)14-13-16-9-5-3-6-10-16/h3-15,21H,1-2H3/b14-13+/t19-/m0/s1. The molecule has 2 aromatic carbocycles. The molecule has 3 rings (SSSR count). The van der Waals surface area contributed by atoms with Crippen LogP contribution in [0.15, 0.2) is 71.1 Å². The number of hydrogen-bond donors (Lipinski definition) is 1. The molecule has 0 radical (unpaired) electrons. The van der Waals surface area contributed by atoms with E-state index >= 15 is 0 Å². The van der Waals surface area contributed by atoms with Gasteiger partial charge < -0.3 is 4.74 Å². The predicted octanol–water partition coefficient (Wildman–Crippen LogP) is 3.27. The lowest BCUT2D eigenvalue weighted by atomic mass is 9.89. The zero-order valence-corrected chi connectivity index (χ0v) is 14.9. The highest BCUT2D eigenvalue weighted by atomic mass is 32.2. The topological polar surface area (TPSA) is 67.8 Å². The van der Waals surface area contributed by atoms with Gasteiger partial charge in [-0.1, -0.05) is 66.7 Å². The van der Waals surface area contributed by atoms with Crippen LogP contribution in [0.1, 0.15) is 25.0 Å². The molecule has 0 saturated heterocycles. The fourth-order valence-corrected chi connectivity index (χ4v) is 3.79. The van der Waals surface area contributed by atoms with Crippen molar-refractivity contribution < 1.29 is 13.2 Å². The quantitative estimate of drug-likeness (QED) is 0.914. The van der Waals surface area contributed by atoms with Gasteiger partial charge >= 0.3 is 10.2 Å². The van der Waals surface area contributed by atoms with E-state index in [2.05, 4.69) is 9.12 Å². The lowest BCUT2D eigenvalue weighted by Crippen LogP contribution is -2.45. The monoisotopic (exact) mass is 356 g/mol. The van der Waals surface area contributed by atoms with Crippen molar-refractivity contribution in [3.63, 3.8) is 0 Å². The van der Waals surface area contributed by atoms with Crippen LogP contribution < -0.4 is 4.72 Å². The van der Waals surface area contributed by atoms with E-state index in [0.29, 0.717) is 0 Å². The molecule has 25 heavy (non-hydrogen) atoms. The molecule has 0 unspecified atom stereocenters. The molecule has 0 spiro atoms. The summed E-state index contributed by atoms with van der Waals surface area (Å²) in [7, 11) is -3.84. The van der Waals surface area contributed by atoms with Crippen molar-refractivity contribution in [2.45, 2.75) is 25.5 Å². The summed E-state index contributed by atoms with van der Waals surface area (Å²) >= 11 is 0. The van der Waals surface area contributed by atoms with Gasteiger partial charge in [0.1, 0.15) is 0 Å². The lowest BCUT2D eigenvalue weighted by molar-refractivity contribution is 0.211. The van der Waals surface area contributed by atoms with E-state index in [-0.39, 0.29) is 12.0 Å². The Bertz CT molecular complexity index is 891. The van der Waals surface area contributed by atoms with Crippen LogP contribution in [0.5, 0.6) is 0 Å². The molecule has 130 valence electrons. The van der Waals surface area contributed by atoms with Gasteiger partial charge in [-0.2, -0.15) is 13.1 Å². The molecule has 1 N–H and O–H groups in total. The summed E-state index contributed by atoms with van der Waals surface area (Å²) in [5.74, 6) is 0.126. The molecule has 0 saturated carbocycles. The van der Waals surface area contributed by atoms with Gasteiger partial charge in [0.05, 0.1) is 6.10 Å². The van der Waals surface area contributed by atoms with Gasteiger partial charge in [-0.3, -0.25) is 0 Å². The zero-order chi connectivity index (χ0) is 17.9. The molecule has 1 aliphatic heterocycles. The summed E-state index contributed by atoms with van der Waals surface area (Å²) in [5, 5.41) is 0. The van der Waals surface area contributed by atoms with E-state index in [4.69, 9.17) is 4.74 Å². The Morgan fingerprint density at radius 2 is 1.64 bits per heavy atom. The largest absolute Gasteiger partial charge is 0.476 e. The Labute approximate surface area is 148 Å². The molecule has 1 heterocycles. The van der Waals surface area contributed by atoms with Crippen molar-refractivity contribution in [1.29, 1.82) is 0 Å². The molecule has 6 heteroatoms. The Hall–Kier alpha value is -2.44. The van der Waals surface area contributed by atoms with Gasteiger partial charge in [0, 0.05) is 0 Å². The minimum atomic E-state index is -3.84. The van der Waals surface area contributed by atoms with E-state index in [1.807, 2.05) is 80.6 Å². The van der Waals surface area contributed by atoms with Crippen LogP contribution in [-0.4, -0.2) is 20.4 Å². The number of rotatable bonds is 4. The van der Waals surface area contributed by atoms with Gasteiger partial charge in [0.2, 0.25) is 5.90 Å². The Morgan fingerprint density at radius 1 is 1.04 bits per heavy atom. The lowest BCUT2D eigenvalue weighted by Gasteiger charge is -2.27. The van der Waals surface area contributed by atoms with E-state index in [1.54, 1.807) is 6.08 Å². The average molecular weight is 356 g/mol. The van der Waals surface area contributed by atoms with E-state index < -0.39 is 15.7 Å². The molecular weight excluding hydrogens is 336 g/mol. The molecule has 5 nitrogen and oxygen atoms in total. The van der Waals surface area contributed by atoms with Gasteiger partial charge in [-0.25, -0.2) is 0 Å². The molecular formula is C19H20N2O3S. The minimum Gasteiger partial charge on any atom is -0.476 e. The van der Waals surface area contributed by atoms with E-state index in [1.165, 1.54) is 0 Å². The van der Waals surface area contributed by atoms with Gasteiger partial charge in [0.25, 0.3) is 0 Å². The first kappa shape index (κ1) is 17.4. The smallest absolute Gasteiger partial charge is 0.324 e. The van der Waals surface area contributed by atoms with E-state index in [9.17, 15) is 8.42 Å². The fourth-order valence-electron chi connectivity index (χ4n) is 2.66. The summed E-state index contributed by atoms with van der Waals surface area (Å²) in [4.78, 5) is 0. The van der Waals surface area contributed by atoms with Gasteiger partial charge in [0.15, 0.2) is 5.54 Å². The minimum absolute atomic E-state index is 0.126. The molecule has 0 amide bonds. The first-order valence-corrected chi connectivity index (χ1v) is 9.46. The number of benzene rings is 2. The summed E-state index contributed by atoms with van der Waals surface area (Å²) in [6.45, 7) is 3.67. The Kier molecular flexibility index (Phi) is 4.74. The van der Waals surface area contributed by atoms with E-state index in [0.717, 1.165) is 11.1 Å². The maximum atomic E-state index is 12.2. The summed E-state index contributed by atoms with van der Waals surface area (Å²) < 4.78 is 36.6. The van der Waals surface area contributed by atoms with Crippen LogP contribution in [0.4, 0.5) is 0 Å². The SMILES string of the molecule is CC(C)OC1=NS(=O)(=O)N[C@@]1(/C=C/c1ccccc1)c1ccccc1. The average Bonchev–Trinajstić information content (AvgIpc) is 2.85. The molecule has 1 aliphatic rings. The normalized spacial score (nSPS) is 22.3. The second-order valence-electron chi connectivity index (χ2n) is 6.06. The third-order valence-corrected chi connectivity index (χ3v) is 4.72. The van der Waals surface area contributed by atoms with Crippen LogP contribution >= 0.6 is 0 Å². The van der Waals surface area contributed by atoms with Crippen LogP contribution in [0, 0.1) is 0 Å². The molecule has 0 fully saturated rings. The first-order chi connectivity index (χ1) is 11.9. The van der Waals surface area contributed by atoms with Crippen LogP contribution in [-0.2, 0) is 20.5 Å². The molecule has 0 bridgehead atoms.